The molecule has 9 heteroatoms. The van der Waals surface area contributed by atoms with Crippen LogP contribution in [0.5, 0.6) is 5.75 Å². The SMILES string of the molecule is Cc1nnc(N2C(=O)C(=O)/C(=C(/O)c3ccc(OCc4ccccc4C)cc3)C2c2ccc(F)cc2)s1. The molecule has 1 saturated heterocycles. The van der Waals surface area contributed by atoms with Gasteiger partial charge in [-0.25, -0.2) is 4.39 Å². The number of rotatable bonds is 6. The monoisotopic (exact) mass is 515 g/mol. The van der Waals surface area contributed by atoms with Crippen LogP contribution >= 0.6 is 11.3 Å². The van der Waals surface area contributed by atoms with Crippen molar-refractivity contribution in [1.29, 1.82) is 0 Å². The molecule has 1 unspecified atom stereocenters. The molecule has 0 aliphatic carbocycles. The normalized spacial score (nSPS) is 16.8. The fraction of sp³-hybridized carbons (Fsp3) is 0.143. The Morgan fingerprint density at radius 3 is 2.35 bits per heavy atom. The Labute approximate surface area is 216 Å². The average Bonchev–Trinajstić information content (AvgIpc) is 3.44. The lowest BCUT2D eigenvalue weighted by molar-refractivity contribution is -0.132. The first-order valence-electron chi connectivity index (χ1n) is 11.5. The first kappa shape index (κ1) is 24.3. The van der Waals surface area contributed by atoms with Crippen LogP contribution in [0.15, 0.2) is 78.4 Å². The molecule has 1 atom stereocenters. The highest BCUT2D eigenvalue weighted by molar-refractivity contribution is 7.15. The summed E-state index contributed by atoms with van der Waals surface area (Å²) in [7, 11) is 0. The number of anilines is 1. The van der Waals surface area contributed by atoms with Crippen molar-refractivity contribution in [2.45, 2.75) is 26.5 Å². The second-order valence-electron chi connectivity index (χ2n) is 8.56. The molecule has 1 aliphatic rings. The molecule has 186 valence electrons. The van der Waals surface area contributed by atoms with Gasteiger partial charge in [-0.15, -0.1) is 10.2 Å². The molecule has 2 heterocycles. The van der Waals surface area contributed by atoms with E-state index in [1.807, 2.05) is 31.2 Å². The first-order valence-corrected chi connectivity index (χ1v) is 12.3. The van der Waals surface area contributed by atoms with Crippen LogP contribution in [0, 0.1) is 19.7 Å². The minimum atomic E-state index is -0.995. The highest BCUT2D eigenvalue weighted by Crippen LogP contribution is 2.43. The maximum Gasteiger partial charge on any atom is 0.301 e. The van der Waals surface area contributed by atoms with Crippen molar-refractivity contribution in [3.63, 3.8) is 0 Å². The van der Waals surface area contributed by atoms with Crippen molar-refractivity contribution in [2.24, 2.45) is 0 Å². The molecular weight excluding hydrogens is 493 g/mol. The van der Waals surface area contributed by atoms with Gasteiger partial charge in [-0.05, 0) is 66.9 Å². The van der Waals surface area contributed by atoms with Gasteiger partial charge in [0.15, 0.2) is 0 Å². The number of aliphatic hydroxyl groups is 1. The second-order valence-corrected chi connectivity index (χ2v) is 9.72. The van der Waals surface area contributed by atoms with Gasteiger partial charge in [0.2, 0.25) is 5.13 Å². The van der Waals surface area contributed by atoms with Crippen LogP contribution in [0.4, 0.5) is 9.52 Å². The predicted molar refractivity (Wildman–Crippen MR) is 138 cm³/mol. The molecule has 0 spiro atoms. The lowest BCUT2D eigenvalue weighted by atomic mass is 9.95. The van der Waals surface area contributed by atoms with Crippen molar-refractivity contribution >= 4 is 33.9 Å². The number of hydrogen-bond acceptors (Lipinski definition) is 7. The van der Waals surface area contributed by atoms with Gasteiger partial charge in [-0.1, -0.05) is 47.7 Å². The number of Topliss-reactive ketones (excluding diaryl/α,β-unsaturated/α-hetero) is 1. The number of aliphatic hydroxyl groups excluding tert-OH is 1. The lowest BCUT2D eigenvalue weighted by Crippen LogP contribution is -2.29. The van der Waals surface area contributed by atoms with Crippen molar-refractivity contribution in [2.75, 3.05) is 4.90 Å². The molecule has 0 bridgehead atoms. The summed E-state index contributed by atoms with van der Waals surface area (Å²) in [6.07, 6.45) is 0. The number of ketones is 1. The third kappa shape index (κ3) is 4.73. The average molecular weight is 516 g/mol. The van der Waals surface area contributed by atoms with E-state index >= 15 is 0 Å². The maximum atomic E-state index is 13.7. The number of ether oxygens (including phenoxy) is 1. The van der Waals surface area contributed by atoms with E-state index < -0.39 is 23.5 Å². The van der Waals surface area contributed by atoms with E-state index in [4.69, 9.17) is 4.74 Å². The van der Waals surface area contributed by atoms with Crippen LogP contribution in [0.1, 0.15) is 33.3 Å². The number of amides is 1. The summed E-state index contributed by atoms with van der Waals surface area (Å²) in [5, 5.41) is 20.0. The third-order valence-electron chi connectivity index (χ3n) is 6.13. The van der Waals surface area contributed by atoms with Gasteiger partial charge < -0.3 is 9.84 Å². The van der Waals surface area contributed by atoms with Gasteiger partial charge in [0.1, 0.15) is 28.9 Å². The second kappa shape index (κ2) is 9.94. The number of nitrogens with zero attached hydrogens (tertiary/aromatic N) is 3. The number of carbonyl (C=O) groups is 2. The van der Waals surface area contributed by atoms with Gasteiger partial charge in [-0.3, -0.25) is 14.5 Å². The first-order chi connectivity index (χ1) is 17.8. The molecule has 1 fully saturated rings. The number of aromatic nitrogens is 2. The van der Waals surface area contributed by atoms with Crippen molar-refractivity contribution in [1.82, 2.24) is 10.2 Å². The summed E-state index contributed by atoms with van der Waals surface area (Å²) in [6.45, 7) is 4.12. The predicted octanol–water partition coefficient (Wildman–Crippen LogP) is 5.50. The molecule has 1 amide bonds. The van der Waals surface area contributed by atoms with Crippen molar-refractivity contribution in [3.05, 3.63) is 111 Å². The number of carbonyl (C=O) groups excluding carboxylic acids is 2. The van der Waals surface area contributed by atoms with E-state index in [0.717, 1.165) is 22.5 Å². The van der Waals surface area contributed by atoms with Gasteiger partial charge in [0, 0.05) is 5.56 Å². The standard InChI is InChI=1S/C28H22FN3O4S/c1-16-5-3-4-6-20(16)15-36-22-13-9-19(10-14-22)25(33)23-24(18-7-11-21(29)12-8-18)32(27(35)26(23)34)28-31-30-17(2)37-28/h3-14,24,33H,15H2,1-2H3/b25-23+. The van der Waals surface area contributed by atoms with E-state index in [-0.39, 0.29) is 16.5 Å². The van der Waals surface area contributed by atoms with E-state index in [2.05, 4.69) is 10.2 Å². The summed E-state index contributed by atoms with van der Waals surface area (Å²) < 4.78 is 19.5. The van der Waals surface area contributed by atoms with Crippen LogP contribution in [-0.4, -0.2) is 27.0 Å². The molecule has 1 aromatic heterocycles. The Morgan fingerprint density at radius 1 is 1.00 bits per heavy atom. The van der Waals surface area contributed by atoms with Crippen LogP contribution < -0.4 is 9.64 Å². The fourth-order valence-electron chi connectivity index (χ4n) is 4.17. The summed E-state index contributed by atoms with van der Waals surface area (Å²) in [5.74, 6) is -1.93. The van der Waals surface area contributed by atoms with Crippen LogP contribution in [-0.2, 0) is 16.2 Å². The van der Waals surface area contributed by atoms with Gasteiger partial charge in [0.25, 0.3) is 5.78 Å². The lowest BCUT2D eigenvalue weighted by Gasteiger charge is -2.22. The van der Waals surface area contributed by atoms with Crippen LogP contribution in [0.3, 0.4) is 0 Å². The molecule has 37 heavy (non-hydrogen) atoms. The van der Waals surface area contributed by atoms with Gasteiger partial charge in [0.05, 0.1) is 11.6 Å². The molecule has 4 aromatic rings. The maximum absolute atomic E-state index is 13.7. The van der Waals surface area contributed by atoms with E-state index in [1.165, 1.54) is 29.2 Å². The highest BCUT2D eigenvalue weighted by atomic mass is 32.1. The largest absolute Gasteiger partial charge is 0.507 e. The zero-order valence-electron chi connectivity index (χ0n) is 20.0. The van der Waals surface area contributed by atoms with Gasteiger partial charge >= 0.3 is 5.91 Å². The van der Waals surface area contributed by atoms with Crippen LogP contribution in [0.2, 0.25) is 0 Å². The molecule has 7 nitrogen and oxygen atoms in total. The van der Waals surface area contributed by atoms with Gasteiger partial charge in [-0.2, -0.15) is 0 Å². The number of benzene rings is 3. The summed E-state index contributed by atoms with van der Waals surface area (Å²) in [4.78, 5) is 27.5. The minimum absolute atomic E-state index is 0.113. The van der Waals surface area contributed by atoms with E-state index in [1.54, 1.807) is 31.2 Å². The molecule has 1 N–H and O–H groups in total. The topological polar surface area (TPSA) is 92.6 Å². The molecule has 3 aromatic carbocycles. The Kier molecular flexibility index (Phi) is 6.54. The van der Waals surface area contributed by atoms with E-state index in [9.17, 15) is 19.1 Å². The molecular formula is C28H22FN3O4S. The summed E-state index contributed by atoms with van der Waals surface area (Å²) in [6, 6.07) is 18.9. The number of aryl methyl sites for hydroxylation is 2. The zero-order valence-corrected chi connectivity index (χ0v) is 20.8. The number of halogens is 1. The summed E-state index contributed by atoms with van der Waals surface area (Å²) >= 11 is 1.14. The highest BCUT2D eigenvalue weighted by Gasteiger charge is 2.48. The smallest absolute Gasteiger partial charge is 0.301 e. The third-order valence-corrected chi connectivity index (χ3v) is 6.97. The Balaban J connectivity index is 1.50. The van der Waals surface area contributed by atoms with Crippen molar-refractivity contribution < 1.29 is 23.8 Å². The van der Waals surface area contributed by atoms with Crippen LogP contribution in [0.25, 0.3) is 5.76 Å². The number of hydrogen-bond donors (Lipinski definition) is 1. The molecule has 0 radical (unpaired) electrons. The van der Waals surface area contributed by atoms with Crippen molar-refractivity contribution in [3.8, 4) is 5.75 Å². The Morgan fingerprint density at radius 2 is 1.70 bits per heavy atom. The Hall–Kier alpha value is -4.37. The molecule has 5 rings (SSSR count). The quantitative estimate of drug-likeness (QED) is 0.207. The molecule has 1 aliphatic heterocycles. The minimum Gasteiger partial charge on any atom is -0.507 e. The Bertz CT molecular complexity index is 1510. The summed E-state index contributed by atoms with van der Waals surface area (Å²) in [5.41, 5.74) is 2.85. The zero-order chi connectivity index (χ0) is 26.1. The van der Waals surface area contributed by atoms with E-state index in [0.29, 0.717) is 28.5 Å². The molecule has 0 saturated carbocycles. The fourth-order valence-corrected chi connectivity index (χ4v) is 4.89.